The Kier molecular flexibility index (Phi) is 43.1. The molecule has 0 spiro atoms. The molecule has 0 bridgehead atoms. The van der Waals surface area contributed by atoms with Gasteiger partial charge in [0.25, 0.3) is 0 Å². The first-order chi connectivity index (χ1) is 67.3. The van der Waals surface area contributed by atoms with Gasteiger partial charge < -0.3 is 28.9 Å². The van der Waals surface area contributed by atoms with Gasteiger partial charge in [-0.2, -0.15) is 0 Å². The van der Waals surface area contributed by atoms with Gasteiger partial charge in [0.05, 0.1) is 50.6 Å². The van der Waals surface area contributed by atoms with Crippen molar-refractivity contribution in [3.05, 3.63) is 585 Å². The number of hydrogen-bond acceptors (Lipinski definition) is 4. The molecule has 0 saturated carbocycles. The van der Waals surface area contributed by atoms with Gasteiger partial charge in [-0.15, -0.1) is 0 Å². The average molecular weight is 2120 g/mol. The van der Waals surface area contributed by atoms with E-state index >= 15 is 0 Å². The molecule has 0 N–H and O–H groups in total. The fraction of sp³-hybridized carbons (Fsp3) is 0.188. The zero-order chi connectivity index (χ0) is 93.3. The smallest absolute Gasteiger partial charge is 0.0684 e. The second kappa shape index (κ2) is 56.7. The molecule has 4 aliphatic rings. The minimum absolute atomic E-state index is 0. The summed E-state index contributed by atoms with van der Waals surface area (Å²) in [5.74, 6) is 2.79. The quantitative estimate of drug-likeness (QED) is 0.0344. The summed E-state index contributed by atoms with van der Waals surface area (Å²) in [4.78, 5) is 12.9. The van der Waals surface area contributed by atoms with E-state index in [9.17, 15) is 0 Å². The summed E-state index contributed by atoms with van der Waals surface area (Å²) >= 11 is 0. The van der Waals surface area contributed by atoms with Crippen molar-refractivity contribution in [1.29, 1.82) is 0 Å². The number of benzene rings is 17. The number of nitrogens with zero attached hydrogens (tertiary/aromatic N) is 2. The Morgan fingerprint density at radius 1 is 0.203 bits per heavy atom. The first-order valence-corrected chi connectivity index (χ1v) is 52.8. The molecule has 4 aliphatic heterocycles. The Labute approximate surface area is 906 Å². The van der Waals surface area contributed by atoms with Crippen LogP contribution in [0.15, 0.2) is 485 Å². The molecule has 0 aromatic heterocycles. The topological polar surface area (TPSA) is 65.1 Å². The van der Waals surface area contributed by atoms with Crippen molar-refractivity contribution in [2.75, 3.05) is 52.9 Å². The predicted molar refractivity (Wildman–Crippen MR) is 576 cm³/mol. The minimum atomic E-state index is -3.16. The maximum Gasteiger partial charge on any atom is 0.0684 e. The van der Waals surface area contributed by atoms with Gasteiger partial charge in [-0.3, -0.25) is 0 Å². The maximum atomic E-state index is 6.46. The van der Waals surface area contributed by atoms with Crippen LogP contribution in [0.4, 0.5) is 11.4 Å². The van der Waals surface area contributed by atoms with Crippen LogP contribution in [0.1, 0.15) is 181 Å². The maximum absolute atomic E-state index is 6.46. The molecule has 0 atom stereocenters. The van der Waals surface area contributed by atoms with Crippen molar-refractivity contribution < 1.29 is 118 Å². The van der Waals surface area contributed by atoms with Gasteiger partial charge in [-0.25, -0.2) is 0 Å². The van der Waals surface area contributed by atoms with Gasteiger partial charge in [0.1, 0.15) is 0 Å². The monoisotopic (exact) mass is 2120 g/mol. The third-order valence-corrected chi connectivity index (χ3v) is 33.4. The molecule has 6 nitrogen and oxygen atoms in total. The summed E-state index contributed by atoms with van der Waals surface area (Å²) in [5.41, 5.74) is 19.0. The molecular weight excluding hydrogens is 1990 g/mol. The summed E-state index contributed by atoms with van der Waals surface area (Å²) in [6.45, 7) is 17.2. The summed E-state index contributed by atoms with van der Waals surface area (Å²) in [5, 5.41) is 7.47. The molecule has 4 saturated heterocycles. The molecule has 4 heterocycles. The van der Waals surface area contributed by atoms with Gasteiger partial charge in [0.15, 0.2) is 0 Å². The molecule has 0 aliphatic carbocycles. The zero-order valence-electron chi connectivity index (χ0n) is 80.1. The van der Waals surface area contributed by atoms with Crippen LogP contribution in [0.3, 0.4) is 0 Å². The normalized spacial score (nSPS) is 12.9. The first-order valence-electron chi connectivity index (χ1n) is 48.9. The van der Waals surface area contributed by atoms with Crippen LogP contribution in [0.25, 0.3) is 9.96 Å². The van der Waals surface area contributed by atoms with Crippen LogP contribution >= 0.6 is 0 Å². The van der Waals surface area contributed by atoms with E-state index in [0.29, 0.717) is 0 Å². The van der Waals surface area contributed by atoms with E-state index in [1.807, 2.05) is 36.4 Å². The van der Waals surface area contributed by atoms with Gasteiger partial charge in [-0.1, -0.05) is 434 Å². The summed E-state index contributed by atoms with van der Waals surface area (Å²) < 4.78 is 19.8. The molecule has 138 heavy (non-hydrogen) atoms. The van der Waals surface area contributed by atoms with Gasteiger partial charge in [-0.05, 0) is 229 Å². The van der Waals surface area contributed by atoms with Crippen LogP contribution in [0.2, 0.25) is 0 Å². The second-order valence-electron chi connectivity index (χ2n) is 35.3. The summed E-state index contributed by atoms with van der Waals surface area (Å²) in [6.07, 6.45) is 10.2. The predicted octanol–water partition coefficient (Wildman–Crippen LogP) is 28.2. The third kappa shape index (κ3) is 28.5. The molecule has 696 valence electrons. The fourth-order valence-corrected chi connectivity index (χ4v) is 26.4. The molecule has 17 aromatic carbocycles. The van der Waals surface area contributed by atoms with E-state index < -0.39 is 16.5 Å². The van der Waals surface area contributed by atoms with Gasteiger partial charge in [0, 0.05) is 175 Å². The number of hydrogen-bond donors (Lipinski definition) is 0. The molecule has 21 rings (SSSR count). The molecule has 0 unspecified atom stereocenters. The molecule has 17 aromatic rings. The van der Waals surface area contributed by atoms with Gasteiger partial charge >= 0.3 is 0 Å². The molecule has 2 radical (unpaired) electrons. The van der Waals surface area contributed by atoms with E-state index in [-0.39, 0.29) is 122 Å². The number of rotatable bonds is 24. The van der Waals surface area contributed by atoms with Crippen molar-refractivity contribution in [3.8, 4) is 0 Å². The standard InChI is InChI=1S/2C53H45NSi.C6H6.4C4H8O.2Eu/c2*1-40(2)45-38-49(51(41-24-10-3-11-25-41)42-26-12-4-13-27-42)53(50(39-45)52(43-28-14-5-15-29-43)44-30-16-6-17-31-44)54-55(46-32-18-7-19-33-46,47-34-20-8-21-35-47)48-36-22-9-23-37-48;1-2-4-6-5-3-1;4*1-2-4-5-3-1;;/h2*3-40,51H,1-2H3;1-6H;4*1-4H2;;. The Bertz CT molecular complexity index is 5200. The van der Waals surface area contributed by atoms with Crippen molar-refractivity contribution >= 4 is 59.0 Å². The van der Waals surface area contributed by atoms with E-state index in [2.05, 4.69) is 477 Å². The largest absolute Gasteiger partial charge is 0.650 e. The first kappa shape index (κ1) is 105. The van der Waals surface area contributed by atoms with Crippen LogP contribution in [-0.4, -0.2) is 69.3 Å². The van der Waals surface area contributed by atoms with E-state index in [4.69, 9.17) is 28.9 Å². The summed E-state index contributed by atoms with van der Waals surface area (Å²) in [7, 11) is -6.31. The van der Waals surface area contributed by atoms with Crippen LogP contribution < -0.4 is 31.1 Å². The second-order valence-corrected chi connectivity index (χ2v) is 42.1. The Balaban J connectivity index is 0.000000181. The summed E-state index contributed by atoms with van der Waals surface area (Å²) in [6, 6.07) is 176. The third-order valence-electron chi connectivity index (χ3n) is 25.3. The molecule has 4 fully saturated rings. The van der Waals surface area contributed by atoms with Crippen molar-refractivity contribution in [3.63, 3.8) is 0 Å². The van der Waals surface area contributed by atoms with Crippen molar-refractivity contribution in [2.45, 2.75) is 103 Å². The van der Waals surface area contributed by atoms with E-state index in [1.54, 1.807) is 0 Å². The average Bonchev–Trinajstić information content (AvgIpc) is 1.31. The molecular formula is C128H128Eu2N2O4Si2. The Hall–Kier alpha value is -10.5. The minimum Gasteiger partial charge on any atom is -0.650 e. The molecule has 0 amide bonds. The zero-order valence-corrected chi connectivity index (χ0v) is 86.9. The van der Waals surface area contributed by atoms with Crippen LogP contribution in [-0.2, 0) is 18.9 Å². The van der Waals surface area contributed by atoms with Crippen molar-refractivity contribution in [1.82, 2.24) is 0 Å². The number of ether oxygens (including phenoxy) is 4. The van der Waals surface area contributed by atoms with Crippen LogP contribution in [0.5, 0.6) is 0 Å². The SMILES string of the molecule is C1CCOC1.C1CCOC1.C1CCOC1.C1CCOC1.CC(C)c1cc([C+](c2ccccc2)c2ccccc2)c([N-][Si](c2ccccc2)(c2ccccc2)c2ccccc2)c(C(c2ccccc2)c2ccccc2)c1.CC(C)c1cc([C+](c2ccccc2)c2ccccc2)c([N-][Si](c2ccccc2)(c2ccccc2)c2ccccc2)c(C(c2ccccc2)c2ccccc2)c1.[Eu].[Eu].c1ccccc1. The fourth-order valence-electron chi connectivity index (χ4n) is 18.4. The Morgan fingerprint density at radius 2 is 0.362 bits per heavy atom. The van der Waals surface area contributed by atoms with Gasteiger partial charge in [0.2, 0.25) is 0 Å². The van der Waals surface area contributed by atoms with E-state index in [1.165, 1.54) is 161 Å². The van der Waals surface area contributed by atoms with Crippen LogP contribution in [0, 0.1) is 111 Å². The van der Waals surface area contributed by atoms with E-state index in [0.717, 1.165) is 75.4 Å². The Morgan fingerprint density at radius 3 is 0.522 bits per heavy atom. The van der Waals surface area contributed by atoms with Crippen molar-refractivity contribution in [2.24, 2.45) is 0 Å². The molecule has 10 heteroatoms.